The fourth-order valence-electron chi connectivity index (χ4n) is 4.62. The van der Waals surface area contributed by atoms with Gasteiger partial charge in [-0.1, -0.05) is 96.7 Å². The van der Waals surface area contributed by atoms with E-state index in [1.165, 1.54) is 21.7 Å². The lowest BCUT2D eigenvalue weighted by atomic mass is 10.2. The van der Waals surface area contributed by atoms with Gasteiger partial charge in [0.05, 0.1) is 19.3 Å². The van der Waals surface area contributed by atoms with Crippen molar-refractivity contribution in [1.29, 1.82) is 0 Å². The van der Waals surface area contributed by atoms with Crippen LogP contribution in [0.2, 0.25) is 0 Å². The van der Waals surface area contributed by atoms with E-state index in [1.54, 1.807) is 7.11 Å². The number of imidazole rings is 1. The van der Waals surface area contributed by atoms with Crippen molar-refractivity contribution >= 4 is 45.6 Å². The lowest BCUT2D eigenvalue weighted by Crippen LogP contribution is -2.42. The minimum atomic E-state index is -2.30. The summed E-state index contributed by atoms with van der Waals surface area (Å²) >= 11 is 6.69. The van der Waals surface area contributed by atoms with Crippen molar-refractivity contribution in [3.05, 3.63) is 127 Å². The zero-order valence-corrected chi connectivity index (χ0v) is 21.6. The van der Waals surface area contributed by atoms with Crippen LogP contribution in [0.4, 0.5) is 0 Å². The van der Waals surface area contributed by atoms with E-state index in [9.17, 15) is 0 Å². The lowest BCUT2D eigenvalue weighted by Gasteiger charge is -2.21. The molecule has 174 valence electrons. The third kappa shape index (κ3) is 4.36. The highest BCUT2D eigenvalue weighted by molar-refractivity contribution is 8.25. The molecule has 0 aliphatic rings. The fraction of sp³-hybridized carbons (Fsp3) is 0.100. The Hall–Kier alpha value is -3.46. The summed E-state index contributed by atoms with van der Waals surface area (Å²) in [5.74, 6) is 0.860. The van der Waals surface area contributed by atoms with Gasteiger partial charge in [-0.3, -0.25) is 0 Å². The molecule has 0 unspecified atom stereocenters. The summed E-state index contributed by atoms with van der Waals surface area (Å²) in [4.78, 5) is 0. The monoisotopic (exact) mass is 495 g/mol. The van der Waals surface area contributed by atoms with Crippen LogP contribution in [0.3, 0.4) is 0 Å². The fourth-order valence-corrected chi connectivity index (χ4v) is 9.03. The zero-order valence-electron chi connectivity index (χ0n) is 19.9. The van der Waals surface area contributed by atoms with Crippen molar-refractivity contribution in [3.8, 4) is 5.75 Å². The maximum Gasteiger partial charge on any atom is 0.287 e. The van der Waals surface area contributed by atoms with Gasteiger partial charge in [0.15, 0.2) is 5.44 Å². The van der Waals surface area contributed by atoms with Crippen molar-refractivity contribution in [2.75, 3.05) is 7.11 Å². The number of ether oxygens (including phenoxy) is 1. The van der Waals surface area contributed by atoms with Crippen LogP contribution in [0, 0.1) is 6.92 Å². The van der Waals surface area contributed by atoms with Crippen LogP contribution in [0.15, 0.2) is 115 Å². The molecule has 5 heteroatoms. The van der Waals surface area contributed by atoms with Gasteiger partial charge >= 0.3 is 0 Å². The minimum Gasteiger partial charge on any atom is -0.497 e. The van der Waals surface area contributed by atoms with E-state index in [4.69, 9.17) is 16.5 Å². The van der Waals surface area contributed by atoms with Gasteiger partial charge in [0, 0.05) is 13.0 Å². The number of aromatic nitrogens is 2. The molecule has 2 heterocycles. The summed E-state index contributed by atoms with van der Waals surface area (Å²) in [6, 6.07) is 33.4. The van der Waals surface area contributed by atoms with E-state index in [2.05, 4.69) is 119 Å². The first kappa shape index (κ1) is 23.3. The third-order valence-electron chi connectivity index (χ3n) is 6.30. The first-order chi connectivity index (χ1) is 17.1. The minimum absolute atomic E-state index is 0.746. The number of nitrogens with zero attached hydrogens (tertiary/aromatic N) is 2. The Bertz CT molecular complexity index is 1500. The molecule has 0 fully saturated rings. The number of allylic oxidation sites excluding steroid dienone is 1. The molecular weight excluding hydrogens is 467 g/mol. The summed E-state index contributed by atoms with van der Waals surface area (Å²) in [6.07, 6.45) is 6.49. The number of methoxy groups -OCH3 is 1. The van der Waals surface area contributed by atoms with Gasteiger partial charge in [0.2, 0.25) is 0 Å². The number of hydrogen-bond donors (Lipinski definition) is 0. The average molecular weight is 496 g/mol. The van der Waals surface area contributed by atoms with Gasteiger partial charge in [0.25, 0.3) is 5.65 Å². The van der Waals surface area contributed by atoms with E-state index in [0.717, 1.165) is 23.5 Å². The van der Waals surface area contributed by atoms with Crippen LogP contribution < -0.4 is 25.2 Å². The van der Waals surface area contributed by atoms with Crippen molar-refractivity contribution in [3.63, 3.8) is 0 Å². The van der Waals surface area contributed by atoms with E-state index < -0.39 is 6.04 Å². The number of fused-ring (bicyclic) bond motifs is 1. The molecule has 0 amide bonds. The Labute approximate surface area is 212 Å². The molecule has 3 aromatic carbocycles. The summed E-state index contributed by atoms with van der Waals surface area (Å²) < 4.78 is 10.0. The van der Waals surface area contributed by atoms with Crippen LogP contribution in [-0.2, 0) is 18.4 Å². The predicted octanol–water partition coefficient (Wildman–Crippen LogP) is 5.01. The quantitative estimate of drug-likeness (QED) is 0.233. The van der Waals surface area contributed by atoms with E-state index in [0.29, 0.717) is 0 Å². The Kier molecular flexibility index (Phi) is 6.68. The van der Waals surface area contributed by atoms with Crippen LogP contribution >= 0.6 is 6.04 Å². The van der Waals surface area contributed by atoms with Gasteiger partial charge in [-0.2, -0.15) is 4.40 Å². The van der Waals surface area contributed by atoms with E-state index >= 15 is 0 Å². The highest BCUT2D eigenvalue weighted by atomic mass is 32.4. The molecule has 0 saturated carbocycles. The average Bonchev–Trinajstić information content (AvgIpc) is 3.21. The molecule has 35 heavy (non-hydrogen) atoms. The molecule has 0 saturated heterocycles. The second kappa shape index (κ2) is 10.0. The van der Waals surface area contributed by atoms with Gasteiger partial charge in [-0.15, -0.1) is 0 Å². The molecule has 0 spiro atoms. The molecule has 5 rings (SSSR count). The largest absolute Gasteiger partial charge is 0.497 e. The topological polar surface area (TPSA) is 18.3 Å². The first-order valence-electron chi connectivity index (χ1n) is 11.6. The first-order valence-corrected chi connectivity index (χ1v) is 14.4. The van der Waals surface area contributed by atoms with E-state index in [1.807, 2.05) is 18.2 Å². The lowest BCUT2D eigenvalue weighted by molar-refractivity contribution is -0.490. The third-order valence-corrected chi connectivity index (χ3v) is 11.3. The van der Waals surface area contributed by atoms with Crippen molar-refractivity contribution < 1.29 is 9.14 Å². The Morgan fingerprint density at radius 3 is 2.17 bits per heavy atom. The number of benzene rings is 3. The van der Waals surface area contributed by atoms with Crippen LogP contribution in [-0.4, -0.2) is 11.7 Å². The van der Waals surface area contributed by atoms with Crippen LogP contribution in [0.25, 0.3) is 11.7 Å². The highest BCUT2D eigenvalue weighted by Gasteiger charge is 2.36. The Balaban J connectivity index is 1.66. The summed E-state index contributed by atoms with van der Waals surface area (Å²) in [7, 11) is 1.69. The van der Waals surface area contributed by atoms with Crippen molar-refractivity contribution in [2.24, 2.45) is 0 Å². The zero-order chi connectivity index (χ0) is 24.3. The number of rotatable bonds is 7. The maximum atomic E-state index is 6.69. The van der Waals surface area contributed by atoms with Crippen molar-refractivity contribution in [1.82, 2.24) is 4.57 Å². The van der Waals surface area contributed by atoms with E-state index in [-0.39, 0.29) is 0 Å². The van der Waals surface area contributed by atoms with Gasteiger partial charge in [-0.05, 0) is 40.4 Å². The normalized spacial score (nSPS) is 11.8. The summed E-state index contributed by atoms with van der Waals surface area (Å²) in [5.41, 5.74) is 4.65. The molecule has 0 N–H and O–H groups in total. The van der Waals surface area contributed by atoms with Gasteiger partial charge < -0.3 is 4.74 Å². The summed E-state index contributed by atoms with van der Waals surface area (Å²) in [5, 5.41) is 2.40. The molecule has 3 nitrogen and oxygen atoms in total. The Morgan fingerprint density at radius 1 is 0.857 bits per heavy atom. The highest BCUT2D eigenvalue weighted by Crippen LogP contribution is 2.42. The molecule has 5 aromatic rings. The van der Waals surface area contributed by atoms with Gasteiger partial charge in [-0.25, -0.2) is 4.57 Å². The number of pyridine rings is 1. The second-order valence-electron chi connectivity index (χ2n) is 8.41. The number of hydrogen-bond acceptors (Lipinski definition) is 2. The molecule has 0 radical (unpaired) electrons. The van der Waals surface area contributed by atoms with Crippen molar-refractivity contribution in [2.45, 2.75) is 13.5 Å². The molecule has 0 aliphatic carbocycles. The van der Waals surface area contributed by atoms with Gasteiger partial charge in [0.1, 0.15) is 18.0 Å². The maximum absolute atomic E-state index is 6.69. The van der Waals surface area contributed by atoms with Crippen LogP contribution in [0.1, 0.15) is 11.3 Å². The Morgan fingerprint density at radius 2 is 1.51 bits per heavy atom. The summed E-state index contributed by atoms with van der Waals surface area (Å²) in [6.45, 7) is 2.95. The second-order valence-corrected chi connectivity index (χ2v) is 12.7. The molecule has 0 bridgehead atoms. The molecular formula is C30H28N2OPS+. The molecule has 0 atom stereocenters. The molecule has 0 aliphatic heterocycles. The predicted molar refractivity (Wildman–Crippen MR) is 150 cm³/mol. The smallest absolute Gasteiger partial charge is 0.287 e. The van der Waals surface area contributed by atoms with Crippen LogP contribution in [0.5, 0.6) is 5.75 Å². The molecule has 2 aromatic heterocycles. The standard InChI is InChI=1S/C30H28N2OPS/c1-24-30(34(35,27-16-5-3-6-17-27)28-18-7-4-8-19-28)32-21-10-9-20-29(32)31(24)22-12-14-25-13-11-15-26(23-25)33-2/h3-21,23H,22H2,1-2H3/q+1/b14-12+. The SMILES string of the molecule is COc1cccc(/C=C/Cn2c(C)c(P(=S)(c3ccccc3)c3ccccc3)[n+]3ccccc23)c1.